The fourth-order valence-electron chi connectivity index (χ4n) is 7.90. The van der Waals surface area contributed by atoms with E-state index in [4.69, 9.17) is 19.0 Å². The number of nitrogens with zero attached hydrogens (tertiary/aromatic N) is 2. The van der Waals surface area contributed by atoms with Crippen molar-refractivity contribution in [1.82, 2.24) is 4.90 Å². The van der Waals surface area contributed by atoms with Crippen molar-refractivity contribution in [3.8, 4) is 0 Å². The van der Waals surface area contributed by atoms with Gasteiger partial charge in [0, 0.05) is 30.2 Å². The van der Waals surface area contributed by atoms with Gasteiger partial charge < -0.3 is 39.3 Å². The second-order valence-electron chi connectivity index (χ2n) is 15.2. The predicted molar refractivity (Wildman–Crippen MR) is 188 cm³/mol. The molecule has 0 spiro atoms. The highest BCUT2D eigenvalue weighted by Gasteiger charge is 2.51. The van der Waals surface area contributed by atoms with Crippen LogP contribution in [0.3, 0.4) is 0 Å². The molecule has 1 aliphatic heterocycles. The molecule has 0 aromatic heterocycles. The molecule has 13 atom stereocenters. The summed E-state index contributed by atoms with van der Waals surface area (Å²) < 4.78 is 19.8. The van der Waals surface area contributed by atoms with Gasteiger partial charge in [-0.05, 0) is 66.1 Å². The highest BCUT2D eigenvalue weighted by molar-refractivity contribution is 6.03. The Labute approximate surface area is 293 Å². The fraction of sp³-hybridized carbons (Fsp3) is 0.763. The van der Waals surface area contributed by atoms with Crippen LogP contribution in [0, 0.1) is 29.6 Å². The van der Waals surface area contributed by atoms with E-state index in [2.05, 4.69) is 5.16 Å². The van der Waals surface area contributed by atoms with Gasteiger partial charge in [-0.15, -0.1) is 0 Å². The molecule has 2 fully saturated rings. The number of likely N-dealkylation sites (N-methyl/N-ethyl adjacent to an activating group) is 1. The van der Waals surface area contributed by atoms with Crippen LogP contribution in [0.4, 0.5) is 0 Å². The third-order valence-corrected chi connectivity index (χ3v) is 11.1. The number of hydrogen-bond donors (Lipinski definition) is 3. The van der Waals surface area contributed by atoms with Crippen molar-refractivity contribution in [3.05, 3.63) is 35.9 Å². The van der Waals surface area contributed by atoms with Gasteiger partial charge in [0.15, 0.2) is 6.29 Å². The molecule has 278 valence electrons. The fourth-order valence-corrected chi connectivity index (χ4v) is 7.90. The first-order chi connectivity index (χ1) is 22.9. The SMILES string of the molecule is CC[C@H]1CC(=O)[C@H](C)C(=O)[C@H](C)[C@@H](O[C@@H]2O[C@H](C)C[C@H](N(C)C)[C@H]2O)[C@@](C)(OCc2ccccc2)C[C@@H](C)/C(=N\OC)[C@H](C)[C@@H](O)[C@]1(C)O. The molecule has 1 saturated carbocycles. The van der Waals surface area contributed by atoms with E-state index in [0.29, 0.717) is 18.6 Å². The van der Waals surface area contributed by atoms with E-state index in [0.717, 1.165) is 5.56 Å². The second-order valence-corrected chi connectivity index (χ2v) is 15.2. The minimum absolute atomic E-state index is 0.0982. The van der Waals surface area contributed by atoms with Crippen molar-refractivity contribution in [1.29, 1.82) is 0 Å². The maximum absolute atomic E-state index is 14.4. The van der Waals surface area contributed by atoms with Crippen molar-refractivity contribution in [3.63, 3.8) is 0 Å². The normalized spacial score (nSPS) is 41.1. The molecule has 2 aliphatic rings. The summed E-state index contributed by atoms with van der Waals surface area (Å²) in [5.74, 6) is -4.25. The number of Topliss-reactive ketones (excluding diaryl/α,β-unsaturated/α-hetero) is 2. The number of ketones is 2. The summed E-state index contributed by atoms with van der Waals surface area (Å²) in [4.78, 5) is 35.4. The van der Waals surface area contributed by atoms with Gasteiger partial charge in [-0.1, -0.05) is 69.6 Å². The van der Waals surface area contributed by atoms with Crippen molar-refractivity contribution in [2.24, 2.45) is 34.7 Å². The lowest BCUT2D eigenvalue weighted by molar-refractivity contribution is -0.298. The Bertz CT molecular complexity index is 1260. The highest BCUT2D eigenvalue weighted by atomic mass is 16.7. The molecule has 1 heterocycles. The number of carbonyl (C=O) groups is 2. The monoisotopic (exact) mass is 690 g/mol. The Morgan fingerprint density at radius 2 is 1.65 bits per heavy atom. The van der Waals surface area contributed by atoms with E-state index in [1.54, 1.807) is 27.7 Å². The van der Waals surface area contributed by atoms with Crippen LogP contribution in [0.2, 0.25) is 0 Å². The summed E-state index contributed by atoms with van der Waals surface area (Å²) in [6.07, 6.45) is -3.46. The molecule has 3 N–H and O–H groups in total. The van der Waals surface area contributed by atoms with Crippen LogP contribution in [0.25, 0.3) is 0 Å². The van der Waals surface area contributed by atoms with E-state index >= 15 is 0 Å². The summed E-state index contributed by atoms with van der Waals surface area (Å²) >= 11 is 0. The number of benzene rings is 1. The first kappa shape index (κ1) is 41.2. The van der Waals surface area contributed by atoms with Gasteiger partial charge in [0.05, 0.1) is 47.8 Å². The Balaban J connectivity index is 2.22. The predicted octanol–water partition coefficient (Wildman–Crippen LogP) is 4.39. The van der Waals surface area contributed by atoms with Crippen molar-refractivity contribution in [2.75, 3.05) is 21.2 Å². The molecular formula is C38H62N2O9. The largest absolute Gasteiger partial charge is 0.399 e. The quantitative estimate of drug-likeness (QED) is 0.265. The van der Waals surface area contributed by atoms with E-state index < -0.39 is 65.4 Å². The highest BCUT2D eigenvalue weighted by Crippen LogP contribution is 2.40. The van der Waals surface area contributed by atoms with Gasteiger partial charge in [0.2, 0.25) is 0 Å². The summed E-state index contributed by atoms with van der Waals surface area (Å²) in [5.41, 5.74) is -1.49. The van der Waals surface area contributed by atoms with Crippen molar-refractivity contribution >= 4 is 17.3 Å². The van der Waals surface area contributed by atoms with Crippen LogP contribution in [0.15, 0.2) is 35.5 Å². The van der Waals surface area contributed by atoms with E-state index in [-0.39, 0.29) is 43.2 Å². The molecule has 0 bridgehead atoms. The number of hydrogen-bond acceptors (Lipinski definition) is 11. The molecule has 1 aromatic carbocycles. The Hall–Kier alpha value is -2.25. The molecule has 3 rings (SSSR count). The number of aliphatic hydroxyl groups is 3. The zero-order chi connectivity index (χ0) is 36.8. The lowest BCUT2D eigenvalue weighted by Gasteiger charge is -2.47. The van der Waals surface area contributed by atoms with Crippen LogP contribution >= 0.6 is 0 Å². The zero-order valence-electron chi connectivity index (χ0n) is 31.5. The number of aliphatic hydroxyl groups excluding tert-OH is 2. The number of carbonyl (C=O) groups excluding carboxylic acids is 2. The maximum Gasteiger partial charge on any atom is 0.185 e. The average molecular weight is 691 g/mol. The van der Waals surface area contributed by atoms with Gasteiger partial charge in [0.25, 0.3) is 0 Å². The van der Waals surface area contributed by atoms with E-state index in [1.165, 1.54) is 7.11 Å². The average Bonchev–Trinajstić information content (AvgIpc) is 3.06. The van der Waals surface area contributed by atoms with Gasteiger partial charge in [-0.25, -0.2) is 0 Å². The minimum atomic E-state index is -1.66. The topological polar surface area (TPSA) is 147 Å². The smallest absolute Gasteiger partial charge is 0.185 e. The number of oxime groups is 1. The second kappa shape index (κ2) is 17.3. The van der Waals surface area contributed by atoms with Gasteiger partial charge in [-0.3, -0.25) is 9.59 Å². The van der Waals surface area contributed by atoms with Gasteiger partial charge in [0.1, 0.15) is 24.8 Å². The molecule has 11 heteroatoms. The van der Waals surface area contributed by atoms with Crippen LogP contribution < -0.4 is 0 Å². The Morgan fingerprint density at radius 1 is 1.02 bits per heavy atom. The molecular weight excluding hydrogens is 628 g/mol. The molecule has 0 radical (unpaired) electrons. The van der Waals surface area contributed by atoms with Crippen LogP contribution in [0.5, 0.6) is 0 Å². The van der Waals surface area contributed by atoms with Gasteiger partial charge in [-0.2, -0.15) is 0 Å². The van der Waals surface area contributed by atoms with Crippen LogP contribution in [-0.4, -0.2) is 107 Å². The molecule has 1 aliphatic carbocycles. The number of rotatable bonds is 8. The van der Waals surface area contributed by atoms with Crippen LogP contribution in [0.1, 0.15) is 86.6 Å². The maximum atomic E-state index is 14.4. The summed E-state index contributed by atoms with van der Waals surface area (Å²) in [7, 11) is 5.22. The molecule has 49 heavy (non-hydrogen) atoms. The Kier molecular flexibility index (Phi) is 14.5. The third kappa shape index (κ3) is 9.55. The lowest BCUT2D eigenvalue weighted by Crippen LogP contribution is -2.59. The first-order valence-electron chi connectivity index (χ1n) is 17.8. The Morgan fingerprint density at radius 3 is 2.22 bits per heavy atom. The summed E-state index contributed by atoms with van der Waals surface area (Å²) in [6, 6.07) is 9.39. The lowest BCUT2D eigenvalue weighted by atomic mass is 9.70. The molecule has 1 saturated heterocycles. The molecule has 11 nitrogen and oxygen atoms in total. The van der Waals surface area contributed by atoms with Crippen LogP contribution in [-0.2, 0) is 35.2 Å². The third-order valence-electron chi connectivity index (χ3n) is 11.1. The van der Waals surface area contributed by atoms with E-state index in [9.17, 15) is 24.9 Å². The summed E-state index contributed by atoms with van der Waals surface area (Å²) in [6.45, 7) is 14.4. The van der Waals surface area contributed by atoms with E-state index in [1.807, 2.05) is 77.0 Å². The number of ether oxygens (including phenoxy) is 3. The zero-order valence-corrected chi connectivity index (χ0v) is 31.5. The van der Waals surface area contributed by atoms with Gasteiger partial charge >= 0.3 is 0 Å². The minimum Gasteiger partial charge on any atom is -0.399 e. The van der Waals surface area contributed by atoms with Crippen molar-refractivity contribution in [2.45, 2.75) is 136 Å². The first-order valence-corrected chi connectivity index (χ1v) is 17.8. The van der Waals surface area contributed by atoms with Crippen molar-refractivity contribution < 1.29 is 44.0 Å². The standard InChI is InChI=1S/C38H62N2O9/c1-12-28-19-30(41)24(4)32(42)26(6)35(49-36-33(43)29(40(9)10)18-23(3)48-36)37(7,47-21-27-16-14-13-15-17-27)20-22(2)31(39-46-11)25(5)34(44)38(28,8)45/h13-17,22-26,28-29,33-36,43-45H,12,18-21H2,1-11H3/b39-31+/t22-,23-,24+,25+,26+,28+,29+,33-,34-,35-,36+,37+,38-/m1/s1. The molecule has 1 aromatic rings. The summed E-state index contributed by atoms with van der Waals surface area (Å²) in [5, 5.41) is 39.3. The molecule has 0 unspecified atom stereocenters. The molecule has 0 amide bonds.